The van der Waals surface area contributed by atoms with E-state index in [9.17, 15) is 0 Å². The first-order valence-electron chi connectivity index (χ1n) is 0. The van der Waals surface area contributed by atoms with Gasteiger partial charge in [-0.15, -0.1) is 0 Å². The topological polar surface area (TPSA) is 0 Å². The number of hydrogen-bond acceptors (Lipinski definition) is 0. The van der Waals surface area contributed by atoms with E-state index in [0.29, 0.717) is 0 Å². The molecular weight excluding hydrogens is 429 g/mol. The molecule has 4 heavy (non-hydrogen) atoms. The van der Waals surface area contributed by atoms with Crippen LogP contribution in [0.2, 0.25) is 0 Å². The summed E-state index contributed by atoms with van der Waals surface area (Å²) < 4.78 is 0. The molecular formula is H3MoPSnW. The molecule has 0 aliphatic heterocycles. The van der Waals surface area contributed by atoms with Crippen LogP contribution >= 0.6 is 9.90 Å². The van der Waals surface area contributed by atoms with Crippen molar-refractivity contribution in [2.45, 2.75) is 0 Å². The zero-order valence-corrected chi connectivity index (χ0v) is 11.2. The Morgan fingerprint density at radius 1 is 1.00 bits per heavy atom. The van der Waals surface area contributed by atoms with Crippen LogP contribution in [-0.2, 0) is 42.1 Å². The van der Waals surface area contributed by atoms with Gasteiger partial charge in [0, 0.05) is 66.0 Å². The summed E-state index contributed by atoms with van der Waals surface area (Å²) in [5.41, 5.74) is 0. The molecule has 0 aliphatic carbocycles. The van der Waals surface area contributed by atoms with Crippen molar-refractivity contribution in [1.29, 1.82) is 0 Å². The normalized spacial score (nSPS) is 0. The van der Waals surface area contributed by atoms with Gasteiger partial charge < -0.3 is 0 Å². The summed E-state index contributed by atoms with van der Waals surface area (Å²) in [6, 6.07) is 0. The Hall–Kier alpha value is 2.61. The van der Waals surface area contributed by atoms with E-state index in [0.717, 1.165) is 0 Å². The zero-order chi connectivity index (χ0) is 0. The first-order chi connectivity index (χ1) is 0. The van der Waals surface area contributed by atoms with Crippen molar-refractivity contribution in [1.82, 2.24) is 0 Å². The summed E-state index contributed by atoms with van der Waals surface area (Å²) in [6.45, 7) is 0. The van der Waals surface area contributed by atoms with Gasteiger partial charge in [0.2, 0.25) is 0 Å². The Labute approximate surface area is 75.0 Å². The molecule has 0 aromatic rings. The molecule has 4 radical (unpaired) electrons. The van der Waals surface area contributed by atoms with Crippen LogP contribution in [0.15, 0.2) is 0 Å². The van der Waals surface area contributed by atoms with E-state index in [1.165, 1.54) is 0 Å². The van der Waals surface area contributed by atoms with Gasteiger partial charge in [-0.3, -0.25) is 0 Å². The first kappa shape index (κ1) is 30.6. The molecule has 0 amide bonds. The van der Waals surface area contributed by atoms with Crippen molar-refractivity contribution in [3.8, 4) is 0 Å². The third-order valence-electron chi connectivity index (χ3n) is 0. The predicted molar refractivity (Wildman–Crippen MR) is 16.9 cm³/mol. The first-order valence-corrected chi connectivity index (χ1v) is 0. The van der Waals surface area contributed by atoms with Crippen molar-refractivity contribution < 1.29 is 42.1 Å². The molecule has 0 N–H and O–H groups in total. The maximum atomic E-state index is 0. The summed E-state index contributed by atoms with van der Waals surface area (Å²) in [7, 11) is 0. The fourth-order valence-electron chi connectivity index (χ4n) is 0. The summed E-state index contributed by atoms with van der Waals surface area (Å²) in [5.74, 6) is 0. The van der Waals surface area contributed by atoms with Gasteiger partial charge in [0.25, 0.3) is 0 Å². The van der Waals surface area contributed by atoms with Crippen molar-refractivity contribution in [3.05, 3.63) is 0 Å². The molecule has 0 aromatic heterocycles. The quantitative estimate of drug-likeness (QED) is 0.364. The van der Waals surface area contributed by atoms with Crippen molar-refractivity contribution in [3.63, 3.8) is 0 Å². The van der Waals surface area contributed by atoms with E-state index in [1.807, 2.05) is 0 Å². The molecule has 0 spiro atoms. The second-order valence-electron chi connectivity index (χ2n) is 0. The minimum Gasteiger partial charge on any atom is -0.153 e. The van der Waals surface area contributed by atoms with Crippen LogP contribution in [0.3, 0.4) is 0 Å². The second kappa shape index (κ2) is 17.5. The molecule has 0 aromatic carbocycles. The molecule has 0 nitrogen and oxygen atoms in total. The SMILES string of the molecule is P.[Mo].[Sn].[W]. The van der Waals surface area contributed by atoms with E-state index in [4.69, 9.17) is 0 Å². The van der Waals surface area contributed by atoms with Crippen LogP contribution in [0.25, 0.3) is 0 Å². The van der Waals surface area contributed by atoms with Crippen LogP contribution in [0, 0.1) is 0 Å². The molecule has 0 heterocycles. The molecule has 0 saturated carbocycles. The Kier molecular flexibility index (Phi) is 134. The Morgan fingerprint density at radius 3 is 1.00 bits per heavy atom. The summed E-state index contributed by atoms with van der Waals surface area (Å²) in [6.07, 6.45) is 0. The summed E-state index contributed by atoms with van der Waals surface area (Å²) >= 11 is 0. The molecule has 1 atom stereocenters. The molecule has 0 aliphatic rings. The molecule has 0 fully saturated rings. The zero-order valence-electron chi connectivity index (χ0n) is 2.02. The number of rotatable bonds is 0. The third kappa shape index (κ3) is 8.82. The molecule has 0 saturated heterocycles. The molecule has 24 valence electrons. The molecule has 4 heteroatoms. The average Bonchev–Trinajstić information content (AvgIpc) is 0. The van der Waals surface area contributed by atoms with E-state index < -0.39 is 0 Å². The van der Waals surface area contributed by atoms with Gasteiger partial charge in [-0.2, -0.15) is 9.90 Å². The van der Waals surface area contributed by atoms with Gasteiger partial charge in [-0.1, -0.05) is 0 Å². The van der Waals surface area contributed by atoms with Crippen molar-refractivity contribution >= 4 is 33.8 Å². The Balaban J connectivity index is 0. The van der Waals surface area contributed by atoms with Crippen LogP contribution < -0.4 is 0 Å². The molecule has 0 bridgehead atoms. The smallest absolute Gasteiger partial charge is 0 e. The monoisotopic (exact) mass is 436 g/mol. The van der Waals surface area contributed by atoms with E-state index in [2.05, 4.69) is 0 Å². The minimum absolute atomic E-state index is 0. The molecule has 1 unspecified atom stereocenters. The minimum atomic E-state index is 0. The second-order valence-corrected chi connectivity index (χ2v) is 0. The average molecular weight is 432 g/mol. The van der Waals surface area contributed by atoms with Gasteiger partial charge in [0.05, 0.1) is 0 Å². The maximum Gasteiger partial charge on any atom is 0 e. The summed E-state index contributed by atoms with van der Waals surface area (Å²) in [5, 5.41) is 0. The van der Waals surface area contributed by atoms with Crippen LogP contribution in [-0.4, -0.2) is 23.9 Å². The van der Waals surface area contributed by atoms with E-state index >= 15 is 0 Å². The van der Waals surface area contributed by atoms with Gasteiger partial charge >= 0.3 is 0 Å². The maximum absolute atomic E-state index is 0. The Bertz CT molecular complexity index is 8.00. The van der Waals surface area contributed by atoms with Crippen LogP contribution in [0.4, 0.5) is 0 Å². The van der Waals surface area contributed by atoms with Gasteiger partial charge in [-0.05, 0) is 0 Å². The predicted octanol–water partition coefficient (Wildman–Crippen LogP) is -0.328. The Morgan fingerprint density at radius 2 is 1.00 bits per heavy atom. The van der Waals surface area contributed by atoms with E-state index in [1.54, 1.807) is 0 Å². The fraction of sp³-hybridized carbons (Fsp3) is 0. The third-order valence-corrected chi connectivity index (χ3v) is 0. The van der Waals surface area contributed by atoms with Crippen LogP contribution in [0.1, 0.15) is 0 Å². The van der Waals surface area contributed by atoms with Crippen LogP contribution in [0.5, 0.6) is 0 Å². The fourth-order valence-corrected chi connectivity index (χ4v) is 0. The van der Waals surface area contributed by atoms with E-state index in [-0.39, 0.29) is 75.9 Å². The number of hydrogen-bond donors (Lipinski definition) is 0. The van der Waals surface area contributed by atoms with Crippen molar-refractivity contribution in [2.75, 3.05) is 0 Å². The standard InChI is InChI=1S/Mo.H3P.Sn.W/h;1H3;;. The van der Waals surface area contributed by atoms with Gasteiger partial charge in [0.15, 0.2) is 0 Å². The molecule has 0 rings (SSSR count). The van der Waals surface area contributed by atoms with Crippen molar-refractivity contribution in [2.24, 2.45) is 0 Å². The summed E-state index contributed by atoms with van der Waals surface area (Å²) in [4.78, 5) is 0. The van der Waals surface area contributed by atoms with Gasteiger partial charge in [-0.25, -0.2) is 0 Å². The van der Waals surface area contributed by atoms with Gasteiger partial charge in [0.1, 0.15) is 0 Å². The largest absolute Gasteiger partial charge is 0.153 e.